The van der Waals surface area contributed by atoms with Gasteiger partial charge in [0, 0.05) is 13.5 Å². The summed E-state index contributed by atoms with van der Waals surface area (Å²) in [4.78, 5) is 20.6. The monoisotopic (exact) mass is 649 g/mol. The van der Waals surface area contributed by atoms with Crippen LogP contribution in [-0.4, -0.2) is 42.1 Å². The van der Waals surface area contributed by atoms with E-state index in [1.54, 1.807) is 18.2 Å². The van der Waals surface area contributed by atoms with Crippen molar-refractivity contribution in [3.05, 3.63) is 137 Å². The van der Waals surface area contributed by atoms with Crippen molar-refractivity contribution in [1.29, 1.82) is 0 Å². The maximum Gasteiger partial charge on any atom is 0.337 e. The molecule has 0 saturated heterocycles. The Morgan fingerprint density at radius 2 is 1.43 bits per heavy atom. The fourth-order valence-electron chi connectivity index (χ4n) is 6.20. The van der Waals surface area contributed by atoms with Gasteiger partial charge in [-0.2, -0.15) is 8.42 Å². The first-order chi connectivity index (χ1) is 22.7. The Morgan fingerprint density at radius 1 is 0.809 bits per heavy atom. The maximum atomic E-state index is 13.4. The molecule has 0 saturated carbocycles. The molecule has 0 radical (unpaired) electrons. The van der Waals surface area contributed by atoms with Crippen LogP contribution in [0.2, 0.25) is 0 Å². The van der Waals surface area contributed by atoms with Crippen molar-refractivity contribution in [1.82, 2.24) is 9.97 Å². The second-order valence-electron chi connectivity index (χ2n) is 12.2. The van der Waals surface area contributed by atoms with Crippen molar-refractivity contribution in [3.63, 3.8) is 0 Å². The molecular weight excluding hydrogens is 611 g/mol. The van der Waals surface area contributed by atoms with E-state index in [0.717, 1.165) is 29.5 Å². The lowest BCUT2D eigenvalue weighted by Gasteiger charge is -2.37. The molecule has 1 aromatic heterocycles. The third-order valence-electron chi connectivity index (χ3n) is 8.96. The number of fused-ring (bicyclic) bond motifs is 1. The van der Waals surface area contributed by atoms with Crippen molar-refractivity contribution in [2.75, 3.05) is 11.4 Å². The summed E-state index contributed by atoms with van der Waals surface area (Å²) < 4.78 is 34.1. The first-order valence-corrected chi connectivity index (χ1v) is 17.4. The number of cyclic esters (lactones) is 1. The van der Waals surface area contributed by atoms with E-state index in [0.29, 0.717) is 54.4 Å². The van der Waals surface area contributed by atoms with E-state index in [4.69, 9.17) is 4.74 Å². The molecule has 0 atom stereocenters. The second-order valence-corrected chi connectivity index (χ2v) is 14.1. The Hall–Kier alpha value is -4.89. The molecule has 0 amide bonds. The Morgan fingerprint density at radius 3 is 2.06 bits per heavy atom. The molecule has 2 heterocycles. The molecule has 242 valence electrons. The van der Waals surface area contributed by atoms with Gasteiger partial charge in [-0.1, -0.05) is 84.9 Å². The van der Waals surface area contributed by atoms with Crippen molar-refractivity contribution in [3.8, 4) is 0 Å². The van der Waals surface area contributed by atoms with Gasteiger partial charge in [0.05, 0.1) is 22.3 Å². The lowest BCUT2D eigenvalue weighted by atomic mass is 9.82. The number of anilines is 1. The van der Waals surface area contributed by atoms with E-state index in [1.807, 2.05) is 66.7 Å². The summed E-state index contributed by atoms with van der Waals surface area (Å²) in [6.07, 6.45) is 4.52. The number of H-pyrrole nitrogens is 1. The summed E-state index contributed by atoms with van der Waals surface area (Å²) in [5, 5.41) is 11.1. The number of aromatic nitrogens is 2. The Balaban J connectivity index is 1.12. The summed E-state index contributed by atoms with van der Waals surface area (Å²) in [5.74, 6) is -0.354. The molecule has 1 aliphatic rings. The van der Waals surface area contributed by atoms with Crippen LogP contribution in [0, 0.1) is 0 Å². The molecule has 4 aromatic carbocycles. The van der Waals surface area contributed by atoms with Crippen LogP contribution >= 0.6 is 0 Å². The van der Waals surface area contributed by atoms with Gasteiger partial charge >= 0.3 is 5.97 Å². The number of aryl methyl sites for hydroxylation is 3. The normalized spacial score (nSPS) is 14.7. The van der Waals surface area contributed by atoms with Crippen LogP contribution < -0.4 is 4.31 Å². The van der Waals surface area contributed by atoms with Gasteiger partial charge in [-0.05, 0) is 85.9 Å². The summed E-state index contributed by atoms with van der Waals surface area (Å²) in [6, 6.07) is 34.7. The number of carbonyl (C=O) groups is 1. The zero-order valence-electron chi connectivity index (χ0n) is 26.4. The van der Waals surface area contributed by atoms with E-state index in [9.17, 15) is 18.3 Å². The van der Waals surface area contributed by atoms with E-state index < -0.39 is 21.6 Å². The van der Waals surface area contributed by atoms with Gasteiger partial charge in [0.25, 0.3) is 10.0 Å². The van der Waals surface area contributed by atoms with Crippen LogP contribution in [0.5, 0.6) is 0 Å². The molecule has 0 spiro atoms. The SMILES string of the molecule is CN(c1cccc(CCCC2=C(O)CC(CCc3ccccc3)(CCc3ccccc3)OC2=O)c1)S(=O)(=O)c1nc2ccccc2[nH]1. The smallest absolute Gasteiger partial charge is 0.337 e. The number of ether oxygens (including phenoxy) is 1. The zero-order chi connectivity index (χ0) is 32.9. The van der Waals surface area contributed by atoms with Crippen LogP contribution in [-0.2, 0) is 38.8 Å². The Kier molecular flexibility index (Phi) is 9.45. The van der Waals surface area contributed by atoms with Crippen molar-refractivity contribution < 1.29 is 23.1 Å². The number of esters is 1. The molecule has 0 unspecified atom stereocenters. The van der Waals surface area contributed by atoms with Crippen LogP contribution in [0.4, 0.5) is 5.69 Å². The third-order valence-corrected chi connectivity index (χ3v) is 10.6. The number of aromatic amines is 1. The van der Waals surface area contributed by atoms with E-state index in [-0.39, 0.29) is 17.3 Å². The molecule has 47 heavy (non-hydrogen) atoms. The molecule has 5 aromatic rings. The van der Waals surface area contributed by atoms with Crippen LogP contribution in [0.1, 0.15) is 48.8 Å². The molecule has 8 nitrogen and oxygen atoms in total. The number of benzene rings is 4. The molecule has 0 fully saturated rings. The number of carbonyl (C=O) groups excluding carboxylic acids is 1. The highest BCUT2D eigenvalue weighted by Gasteiger charge is 2.41. The minimum absolute atomic E-state index is 0.104. The fraction of sp³-hybridized carbons (Fsp3) is 0.263. The van der Waals surface area contributed by atoms with Crippen LogP contribution in [0.25, 0.3) is 11.0 Å². The number of aliphatic hydroxyl groups is 1. The number of para-hydroxylation sites is 2. The van der Waals surface area contributed by atoms with Crippen molar-refractivity contribution in [2.45, 2.75) is 62.1 Å². The van der Waals surface area contributed by atoms with Gasteiger partial charge in [-0.25, -0.2) is 9.78 Å². The predicted molar refractivity (Wildman–Crippen MR) is 184 cm³/mol. The first-order valence-electron chi connectivity index (χ1n) is 16.0. The highest BCUT2D eigenvalue weighted by Crippen LogP contribution is 2.38. The average molecular weight is 650 g/mol. The van der Waals surface area contributed by atoms with Crippen LogP contribution in [0.15, 0.2) is 126 Å². The minimum Gasteiger partial charge on any atom is -0.512 e. The molecule has 0 aliphatic carbocycles. The lowest BCUT2D eigenvalue weighted by molar-refractivity contribution is -0.160. The quantitative estimate of drug-likeness (QED) is 0.128. The molecule has 0 bridgehead atoms. The molecule has 2 N–H and O–H groups in total. The summed E-state index contributed by atoms with van der Waals surface area (Å²) in [7, 11) is -2.41. The molecular formula is C38H39N3O5S. The molecule has 6 rings (SSSR count). The third kappa shape index (κ3) is 7.41. The number of hydrogen-bond acceptors (Lipinski definition) is 6. The van der Waals surface area contributed by atoms with Gasteiger partial charge < -0.3 is 14.8 Å². The van der Waals surface area contributed by atoms with Gasteiger partial charge in [0.1, 0.15) is 11.4 Å². The number of nitrogens with one attached hydrogen (secondary N) is 1. The van der Waals surface area contributed by atoms with Crippen molar-refractivity contribution >= 4 is 32.7 Å². The topological polar surface area (TPSA) is 113 Å². The zero-order valence-corrected chi connectivity index (χ0v) is 27.2. The number of hydrogen-bond donors (Lipinski definition) is 2. The Labute approximate surface area is 275 Å². The number of nitrogens with zero attached hydrogens (tertiary/aromatic N) is 2. The molecule has 9 heteroatoms. The number of aliphatic hydroxyl groups excluding tert-OH is 1. The number of rotatable bonds is 13. The highest BCUT2D eigenvalue weighted by molar-refractivity contribution is 7.92. The van der Waals surface area contributed by atoms with Gasteiger partial charge in [0.2, 0.25) is 5.16 Å². The Bertz CT molecular complexity index is 1910. The maximum absolute atomic E-state index is 13.4. The van der Waals surface area contributed by atoms with E-state index in [1.165, 1.54) is 11.4 Å². The lowest BCUT2D eigenvalue weighted by Crippen LogP contribution is -2.41. The largest absolute Gasteiger partial charge is 0.512 e. The standard InChI is InChI=1S/C38H39N3O5S/c1-41(47(44,45)37-39-33-20-8-9-21-34(33)40-37)31-18-10-16-30(26-31)17-11-19-32-35(42)27-38(46-36(32)43,24-22-28-12-4-2-5-13-28)25-23-29-14-6-3-7-15-29/h2-10,12-16,18,20-21,26,42H,11,17,19,22-25,27H2,1H3,(H,39,40). The summed E-state index contributed by atoms with van der Waals surface area (Å²) in [6.45, 7) is 0. The first kappa shape index (κ1) is 32.1. The number of imidazole rings is 1. The summed E-state index contributed by atoms with van der Waals surface area (Å²) >= 11 is 0. The van der Waals surface area contributed by atoms with Gasteiger partial charge in [-0.3, -0.25) is 4.31 Å². The second kappa shape index (κ2) is 13.8. The summed E-state index contributed by atoms with van der Waals surface area (Å²) in [5.41, 5.74) is 4.50. The highest BCUT2D eigenvalue weighted by atomic mass is 32.2. The van der Waals surface area contributed by atoms with E-state index in [2.05, 4.69) is 34.2 Å². The van der Waals surface area contributed by atoms with Gasteiger partial charge in [-0.15, -0.1) is 0 Å². The van der Waals surface area contributed by atoms with Crippen molar-refractivity contribution in [2.24, 2.45) is 0 Å². The predicted octanol–water partition coefficient (Wildman–Crippen LogP) is 7.47. The van der Waals surface area contributed by atoms with Gasteiger partial charge in [0.15, 0.2) is 0 Å². The van der Waals surface area contributed by atoms with E-state index >= 15 is 0 Å². The fourth-order valence-corrected chi connectivity index (χ4v) is 7.31. The molecule has 1 aliphatic heterocycles. The number of sulfonamides is 1. The van der Waals surface area contributed by atoms with Crippen LogP contribution in [0.3, 0.4) is 0 Å². The average Bonchev–Trinajstić information content (AvgIpc) is 3.54. The minimum atomic E-state index is -3.91.